The van der Waals surface area contributed by atoms with Crippen molar-refractivity contribution in [2.24, 2.45) is 0 Å². The van der Waals surface area contributed by atoms with Gasteiger partial charge in [-0.05, 0) is 19.9 Å². The standard InChI is InChI=1S/C11H19N3O2S2/c1-9-11(17-8-14-9)6-12-3-2-10-7-18(15,16)5-4-13-10/h8,10,12-13H,2-7H2,1H3. The summed E-state index contributed by atoms with van der Waals surface area (Å²) in [4.78, 5) is 5.44. The zero-order valence-electron chi connectivity index (χ0n) is 10.5. The molecule has 1 aliphatic rings. The minimum Gasteiger partial charge on any atom is -0.312 e. The van der Waals surface area contributed by atoms with E-state index in [1.165, 1.54) is 4.88 Å². The normalized spacial score (nSPS) is 23.1. The van der Waals surface area contributed by atoms with Crippen LogP contribution in [0.5, 0.6) is 0 Å². The lowest BCUT2D eigenvalue weighted by atomic mass is 10.2. The smallest absolute Gasteiger partial charge is 0.153 e. The van der Waals surface area contributed by atoms with Crippen LogP contribution in [-0.4, -0.2) is 44.0 Å². The Hall–Kier alpha value is -0.500. The number of hydrogen-bond donors (Lipinski definition) is 2. The first-order valence-electron chi connectivity index (χ1n) is 6.10. The lowest BCUT2D eigenvalue weighted by Crippen LogP contribution is -2.46. The van der Waals surface area contributed by atoms with E-state index < -0.39 is 9.84 Å². The molecule has 1 saturated heterocycles. The van der Waals surface area contributed by atoms with Crippen LogP contribution in [0.3, 0.4) is 0 Å². The first-order valence-corrected chi connectivity index (χ1v) is 8.80. The Morgan fingerprint density at radius 1 is 1.61 bits per heavy atom. The first-order chi connectivity index (χ1) is 8.57. The average molecular weight is 289 g/mol. The SMILES string of the molecule is Cc1ncsc1CNCCC1CS(=O)(=O)CCN1. The fourth-order valence-corrected chi connectivity index (χ4v) is 4.27. The third-order valence-corrected chi connectivity index (χ3v) is 5.77. The number of hydrogen-bond acceptors (Lipinski definition) is 6. The summed E-state index contributed by atoms with van der Waals surface area (Å²) >= 11 is 1.65. The predicted octanol–water partition coefficient (Wildman–Crippen LogP) is 0.318. The maximum atomic E-state index is 11.5. The molecule has 1 atom stereocenters. The molecule has 0 aromatic carbocycles. The topological polar surface area (TPSA) is 71.1 Å². The van der Waals surface area contributed by atoms with Crippen molar-refractivity contribution in [1.82, 2.24) is 15.6 Å². The van der Waals surface area contributed by atoms with Gasteiger partial charge in [0, 0.05) is 24.0 Å². The second kappa shape index (κ2) is 6.10. The third kappa shape index (κ3) is 4.01. The summed E-state index contributed by atoms with van der Waals surface area (Å²) in [6.45, 7) is 4.23. The monoisotopic (exact) mass is 289 g/mol. The number of nitrogens with zero attached hydrogens (tertiary/aromatic N) is 1. The summed E-state index contributed by atoms with van der Waals surface area (Å²) < 4.78 is 22.9. The van der Waals surface area contributed by atoms with E-state index in [2.05, 4.69) is 15.6 Å². The Kier molecular flexibility index (Phi) is 4.71. The number of rotatable bonds is 5. The van der Waals surface area contributed by atoms with Gasteiger partial charge >= 0.3 is 0 Å². The second-order valence-corrected chi connectivity index (χ2v) is 7.76. The second-order valence-electron chi connectivity index (χ2n) is 4.59. The third-order valence-electron chi connectivity index (χ3n) is 3.10. The zero-order chi connectivity index (χ0) is 13.0. The molecule has 7 heteroatoms. The summed E-state index contributed by atoms with van der Waals surface area (Å²) in [7, 11) is -2.82. The van der Waals surface area contributed by atoms with E-state index in [-0.39, 0.29) is 17.5 Å². The van der Waals surface area contributed by atoms with Gasteiger partial charge in [0.2, 0.25) is 0 Å². The number of nitrogens with one attached hydrogen (secondary N) is 2. The molecule has 2 rings (SSSR count). The van der Waals surface area contributed by atoms with Crippen molar-refractivity contribution in [3.8, 4) is 0 Å². The average Bonchev–Trinajstić information content (AvgIpc) is 2.69. The molecule has 1 unspecified atom stereocenters. The van der Waals surface area contributed by atoms with Crippen LogP contribution in [0, 0.1) is 6.92 Å². The molecule has 1 aromatic heterocycles. The molecule has 5 nitrogen and oxygen atoms in total. The molecular weight excluding hydrogens is 270 g/mol. The van der Waals surface area contributed by atoms with Gasteiger partial charge in [0.05, 0.1) is 22.7 Å². The van der Waals surface area contributed by atoms with E-state index in [4.69, 9.17) is 0 Å². The molecular formula is C11H19N3O2S2. The minimum atomic E-state index is -2.82. The van der Waals surface area contributed by atoms with Crippen molar-refractivity contribution in [1.29, 1.82) is 0 Å². The molecule has 0 radical (unpaired) electrons. The van der Waals surface area contributed by atoms with E-state index in [0.717, 1.165) is 25.2 Å². The maximum absolute atomic E-state index is 11.5. The summed E-state index contributed by atoms with van der Waals surface area (Å²) in [5.74, 6) is 0.547. The summed E-state index contributed by atoms with van der Waals surface area (Å²) in [6.07, 6.45) is 0.844. The van der Waals surface area contributed by atoms with E-state index in [1.807, 2.05) is 12.4 Å². The summed E-state index contributed by atoms with van der Waals surface area (Å²) in [5, 5.41) is 6.59. The van der Waals surface area contributed by atoms with Gasteiger partial charge in [0.25, 0.3) is 0 Å². The minimum absolute atomic E-state index is 0.0961. The van der Waals surface area contributed by atoms with Crippen molar-refractivity contribution in [3.63, 3.8) is 0 Å². The van der Waals surface area contributed by atoms with E-state index in [9.17, 15) is 8.42 Å². The van der Waals surface area contributed by atoms with Crippen LogP contribution < -0.4 is 10.6 Å². The van der Waals surface area contributed by atoms with Crippen LogP contribution in [0.15, 0.2) is 5.51 Å². The molecule has 1 aromatic rings. The van der Waals surface area contributed by atoms with Gasteiger partial charge in [-0.25, -0.2) is 13.4 Å². The van der Waals surface area contributed by atoms with Gasteiger partial charge in [0.1, 0.15) is 0 Å². The van der Waals surface area contributed by atoms with Crippen LogP contribution in [0.4, 0.5) is 0 Å². The lowest BCUT2D eigenvalue weighted by molar-refractivity contribution is 0.479. The van der Waals surface area contributed by atoms with Gasteiger partial charge in [-0.2, -0.15) is 0 Å². The van der Waals surface area contributed by atoms with Crippen molar-refractivity contribution in [2.75, 3.05) is 24.6 Å². The predicted molar refractivity (Wildman–Crippen MR) is 73.6 cm³/mol. The highest BCUT2D eigenvalue weighted by Crippen LogP contribution is 2.11. The van der Waals surface area contributed by atoms with E-state index in [0.29, 0.717) is 6.54 Å². The molecule has 0 bridgehead atoms. The van der Waals surface area contributed by atoms with Crippen molar-refractivity contribution in [3.05, 3.63) is 16.1 Å². The van der Waals surface area contributed by atoms with Gasteiger partial charge < -0.3 is 10.6 Å². The first kappa shape index (κ1) is 13.9. The van der Waals surface area contributed by atoms with Gasteiger partial charge in [-0.3, -0.25) is 0 Å². The number of sulfone groups is 1. The number of thiazole rings is 1. The molecule has 18 heavy (non-hydrogen) atoms. The van der Waals surface area contributed by atoms with Crippen molar-refractivity contribution < 1.29 is 8.42 Å². The molecule has 2 N–H and O–H groups in total. The Balaban J connectivity index is 1.68. The Bertz CT molecular complexity index is 484. The molecule has 0 aliphatic carbocycles. The molecule has 0 amide bonds. The summed E-state index contributed by atoms with van der Waals surface area (Å²) in [5.41, 5.74) is 2.92. The highest BCUT2D eigenvalue weighted by molar-refractivity contribution is 7.91. The van der Waals surface area contributed by atoms with Gasteiger partial charge in [0.15, 0.2) is 9.84 Å². The number of aromatic nitrogens is 1. The van der Waals surface area contributed by atoms with Crippen LogP contribution in [0.2, 0.25) is 0 Å². The van der Waals surface area contributed by atoms with Crippen LogP contribution in [-0.2, 0) is 16.4 Å². The summed E-state index contributed by atoms with van der Waals surface area (Å²) in [6, 6.07) is 0.0961. The van der Waals surface area contributed by atoms with E-state index in [1.54, 1.807) is 11.3 Å². The molecule has 0 saturated carbocycles. The van der Waals surface area contributed by atoms with Crippen molar-refractivity contribution >= 4 is 21.2 Å². The van der Waals surface area contributed by atoms with Crippen LogP contribution >= 0.6 is 11.3 Å². The maximum Gasteiger partial charge on any atom is 0.153 e. The molecule has 1 fully saturated rings. The quantitative estimate of drug-likeness (QED) is 0.764. The Morgan fingerprint density at radius 3 is 3.11 bits per heavy atom. The van der Waals surface area contributed by atoms with Crippen molar-refractivity contribution in [2.45, 2.75) is 25.9 Å². The Morgan fingerprint density at radius 2 is 2.44 bits per heavy atom. The highest BCUT2D eigenvalue weighted by Gasteiger charge is 2.23. The molecule has 0 spiro atoms. The van der Waals surface area contributed by atoms with Crippen LogP contribution in [0.25, 0.3) is 0 Å². The van der Waals surface area contributed by atoms with Gasteiger partial charge in [-0.15, -0.1) is 11.3 Å². The van der Waals surface area contributed by atoms with E-state index >= 15 is 0 Å². The highest BCUT2D eigenvalue weighted by atomic mass is 32.2. The fraction of sp³-hybridized carbons (Fsp3) is 0.727. The molecule has 2 heterocycles. The lowest BCUT2D eigenvalue weighted by Gasteiger charge is -2.23. The zero-order valence-corrected chi connectivity index (χ0v) is 12.1. The fourth-order valence-electron chi connectivity index (χ4n) is 2.03. The van der Waals surface area contributed by atoms with Gasteiger partial charge in [-0.1, -0.05) is 0 Å². The molecule has 102 valence electrons. The Labute approximate surface area is 112 Å². The number of aryl methyl sites for hydroxylation is 1. The largest absolute Gasteiger partial charge is 0.312 e. The van der Waals surface area contributed by atoms with Crippen LogP contribution in [0.1, 0.15) is 17.0 Å². The molecule has 1 aliphatic heterocycles.